The molecule has 1 aromatic carbocycles. The normalized spacial score (nSPS) is 16.8. The summed E-state index contributed by atoms with van der Waals surface area (Å²) in [5, 5.41) is 13.9. The van der Waals surface area contributed by atoms with Crippen LogP contribution >= 0.6 is 11.3 Å². The fourth-order valence-corrected chi connectivity index (χ4v) is 5.41. The fraction of sp³-hybridized carbons (Fsp3) is 0.318. The standard InChI is InChI=1S/C22H20N2O5S/c1-28-21-14(18-8-11-7-12(23-29-2)9-17(11)30-18)5-6-15-19(21)24(13-3-4-13)10-16(20(15)25)22(26)27/h5-6,8,10,13H,3-4,7,9H2,1-2H3,(H,26,27)/b23-12-. The van der Waals surface area contributed by atoms with Crippen LogP contribution in [-0.2, 0) is 17.7 Å². The van der Waals surface area contributed by atoms with Gasteiger partial charge in [-0.25, -0.2) is 4.79 Å². The molecule has 3 aromatic rings. The number of aromatic nitrogens is 1. The molecule has 2 aromatic heterocycles. The Labute approximate surface area is 176 Å². The first-order chi connectivity index (χ1) is 14.5. The topological polar surface area (TPSA) is 90.1 Å². The minimum absolute atomic E-state index is 0.191. The van der Waals surface area contributed by atoms with E-state index in [0.717, 1.165) is 41.8 Å². The number of benzene rings is 1. The lowest BCUT2D eigenvalue weighted by molar-refractivity contribution is 0.0695. The van der Waals surface area contributed by atoms with Crippen LogP contribution in [0.25, 0.3) is 21.3 Å². The molecule has 1 saturated carbocycles. The number of pyridine rings is 1. The molecule has 0 aliphatic heterocycles. The minimum Gasteiger partial charge on any atom is -0.494 e. The minimum atomic E-state index is -1.21. The highest BCUT2D eigenvalue weighted by molar-refractivity contribution is 7.16. The van der Waals surface area contributed by atoms with E-state index in [4.69, 9.17) is 9.57 Å². The maximum Gasteiger partial charge on any atom is 0.341 e. The van der Waals surface area contributed by atoms with Crippen LogP contribution in [-0.4, -0.2) is 35.6 Å². The van der Waals surface area contributed by atoms with E-state index in [1.165, 1.54) is 16.6 Å². The molecule has 5 rings (SSSR count). The third-order valence-electron chi connectivity index (χ3n) is 5.66. The average Bonchev–Trinajstić information content (AvgIpc) is 3.39. The number of nitrogens with zero attached hydrogens (tertiary/aromatic N) is 2. The molecule has 154 valence electrons. The molecule has 1 N–H and O–H groups in total. The van der Waals surface area contributed by atoms with E-state index in [-0.39, 0.29) is 11.6 Å². The lowest BCUT2D eigenvalue weighted by atomic mass is 10.0. The van der Waals surface area contributed by atoms with Crippen molar-refractivity contribution in [2.24, 2.45) is 5.16 Å². The van der Waals surface area contributed by atoms with Gasteiger partial charge in [-0.15, -0.1) is 11.3 Å². The van der Waals surface area contributed by atoms with Crippen molar-refractivity contribution in [3.63, 3.8) is 0 Å². The third-order valence-corrected chi connectivity index (χ3v) is 6.87. The first-order valence-corrected chi connectivity index (χ1v) is 10.5. The molecule has 2 aliphatic rings. The van der Waals surface area contributed by atoms with Gasteiger partial charge in [0.05, 0.1) is 23.7 Å². The summed E-state index contributed by atoms with van der Waals surface area (Å²) in [7, 11) is 3.15. The van der Waals surface area contributed by atoms with Crippen LogP contribution < -0.4 is 10.2 Å². The number of carboxylic acid groups (broad SMARTS) is 1. The van der Waals surface area contributed by atoms with E-state index in [1.807, 2.05) is 10.6 Å². The summed E-state index contributed by atoms with van der Waals surface area (Å²) in [5.74, 6) is -0.596. The second-order valence-electron chi connectivity index (χ2n) is 7.61. The Bertz CT molecular complexity index is 1260. The summed E-state index contributed by atoms with van der Waals surface area (Å²) in [5.41, 5.74) is 3.14. The van der Waals surface area contributed by atoms with Crippen LogP contribution in [0.2, 0.25) is 0 Å². The Morgan fingerprint density at radius 3 is 2.70 bits per heavy atom. The summed E-state index contributed by atoms with van der Waals surface area (Å²) >= 11 is 1.69. The van der Waals surface area contributed by atoms with Crippen molar-refractivity contribution in [3.05, 3.63) is 50.6 Å². The largest absolute Gasteiger partial charge is 0.494 e. The maximum atomic E-state index is 12.8. The van der Waals surface area contributed by atoms with Crippen LogP contribution in [0.1, 0.15) is 39.7 Å². The molecule has 0 bridgehead atoms. The highest BCUT2D eigenvalue weighted by Gasteiger charge is 2.30. The number of carboxylic acids is 1. The van der Waals surface area contributed by atoms with E-state index >= 15 is 0 Å². The first-order valence-electron chi connectivity index (χ1n) is 9.71. The number of hydrogen-bond donors (Lipinski definition) is 1. The summed E-state index contributed by atoms with van der Waals surface area (Å²) in [6.45, 7) is 0. The van der Waals surface area contributed by atoms with E-state index < -0.39 is 11.4 Å². The van der Waals surface area contributed by atoms with Crippen LogP contribution in [0.3, 0.4) is 0 Å². The van der Waals surface area contributed by atoms with Crippen molar-refractivity contribution in [1.29, 1.82) is 0 Å². The van der Waals surface area contributed by atoms with Crippen molar-refractivity contribution in [2.75, 3.05) is 14.2 Å². The predicted molar refractivity (Wildman–Crippen MR) is 115 cm³/mol. The SMILES string of the molecule is CO/N=C1/Cc2cc(-c3ccc4c(=O)c(C(=O)O)cn(C5CC5)c4c3OC)sc2C1. The van der Waals surface area contributed by atoms with Gasteiger partial charge in [-0.05, 0) is 36.6 Å². The Hall–Kier alpha value is -3.13. The maximum absolute atomic E-state index is 12.8. The molecule has 0 radical (unpaired) electrons. The molecular formula is C22H20N2O5S. The molecule has 8 heteroatoms. The van der Waals surface area contributed by atoms with Gasteiger partial charge in [0.25, 0.3) is 0 Å². The van der Waals surface area contributed by atoms with Gasteiger partial charge in [-0.2, -0.15) is 0 Å². The average molecular weight is 424 g/mol. The Morgan fingerprint density at radius 1 is 1.27 bits per heavy atom. The molecule has 0 saturated heterocycles. The van der Waals surface area contributed by atoms with Gasteiger partial charge in [0.1, 0.15) is 12.7 Å². The van der Waals surface area contributed by atoms with Gasteiger partial charge in [0, 0.05) is 40.4 Å². The number of fused-ring (bicyclic) bond motifs is 2. The molecule has 0 atom stereocenters. The van der Waals surface area contributed by atoms with Crippen molar-refractivity contribution < 1.29 is 19.5 Å². The van der Waals surface area contributed by atoms with E-state index in [9.17, 15) is 14.7 Å². The number of carbonyl (C=O) groups is 1. The second kappa shape index (κ2) is 6.98. The Kier molecular flexibility index (Phi) is 4.39. The highest BCUT2D eigenvalue weighted by atomic mass is 32.1. The zero-order chi connectivity index (χ0) is 21.0. The zero-order valence-electron chi connectivity index (χ0n) is 16.6. The van der Waals surface area contributed by atoms with Crippen LogP contribution in [0.5, 0.6) is 5.75 Å². The number of oxime groups is 1. The molecule has 0 unspecified atom stereocenters. The molecule has 1 fully saturated rings. The predicted octanol–water partition coefficient (Wildman–Crippen LogP) is 3.87. The number of rotatable bonds is 5. The van der Waals surface area contributed by atoms with Gasteiger partial charge in [0.2, 0.25) is 5.43 Å². The van der Waals surface area contributed by atoms with Gasteiger partial charge in [0.15, 0.2) is 5.75 Å². The van der Waals surface area contributed by atoms with Crippen LogP contribution in [0.15, 0.2) is 34.3 Å². The molecule has 7 nitrogen and oxygen atoms in total. The summed E-state index contributed by atoms with van der Waals surface area (Å²) in [6.07, 6.45) is 4.93. The number of ether oxygens (including phenoxy) is 1. The molecule has 0 spiro atoms. The van der Waals surface area contributed by atoms with Gasteiger partial charge in [-0.1, -0.05) is 5.16 Å². The van der Waals surface area contributed by atoms with Crippen molar-refractivity contribution in [2.45, 2.75) is 31.7 Å². The highest BCUT2D eigenvalue weighted by Crippen LogP contribution is 2.45. The monoisotopic (exact) mass is 424 g/mol. The van der Waals surface area contributed by atoms with Gasteiger partial charge in [-0.3, -0.25) is 4.79 Å². The van der Waals surface area contributed by atoms with Crippen LogP contribution in [0, 0.1) is 0 Å². The molecule has 30 heavy (non-hydrogen) atoms. The quantitative estimate of drug-likeness (QED) is 0.628. The van der Waals surface area contributed by atoms with Crippen molar-refractivity contribution >= 4 is 33.9 Å². The number of thiophene rings is 1. The summed E-state index contributed by atoms with van der Waals surface area (Å²) in [6, 6.07) is 5.92. The smallest absolute Gasteiger partial charge is 0.341 e. The molecule has 2 heterocycles. The molecule has 0 amide bonds. The van der Waals surface area contributed by atoms with Gasteiger partial charge >= 0.3 is 5.97 Å². The van der Waals surface area contributed by atoms with E-state index in [0.29, 0.717) is 16.7 Å². The van der Waals surface area contributed by atoms with Crippen molar-refractivity contribution in [3.8, 4) is 16.2 Å². The zero-order valence-corrected chi connectivity index (χ0v) is 17.4. The Balaban J connectivity index is 1.70. The lowest BCUT2D eigenvalue weighted by Gasteiger charge is -2.17. The van der Waals surface area contributed by atoms with Gasteiger partial charge < -0.3 is 19.2 Å². The lowest BCUT2D eigenvalue weighted by Crippen LogP contribution is -2.19. The summed E-state index contributed by atoms with van der Waals surface area (Å²) < 4.78 is 7.71. The van der Waals surface area contributed by atoms with E-state index in [1.54, 1.807) is 31.6 Å². The Morgan fingerprint density at radius 2 is 2.07 bits per heavy atom. The number of methoxy groups -OCH3 is 1. The second-order valence-corrected chi connectivity index (χ2v) is 8.75. The van der Waals surface area contributed by atoms with Crippen LogP contribution in [0.4, 0.5) is 0 Å². The van der Waals surface area contributed by atoms with E-state index in [2.05, 4.69) is 11.2 Å². The fourth-order valence-electron chi connectivity index (χ4n) is 4.17. The summed E-state index contributed by atoms with van der Waals surface area (Å²) in [4.78, 5) is 31.6. The third kappa shape index (κ3) is 2.90. The van der Waals surface area contributed by atoms with Crippen molar-refractivity contribution in [1.82, 2.24) is 4.57 Å². The molecule has 2 aliphatic carbocycles. The number of aromatic carboxylic acids is 1. The molecular weight excluding hydrogens is 404 g/mol. The number of hydrogen-bond acceptors (Lipinski definition) is 6. The first kappa shape index (κ1) is 18.9.